The van der Waals surface area contributed by atoms with Crippen LogP contribution in [0, 0.1) is 0 Å². The largest absolute Gasteiger partial charge is 0.342 e. The van der Waals surface area contributed by atoms with Crippen molar-refractivity contribution >= 4 is 5.91 Å². The van der Waals surface area contributed by atoms with Crippen LogP contribution in [0.15, 0.2) is 60.7 Å². The molecule has 0 saturated carbocycles. The normalized spacial score (nSPS) is 13.6. The first-order chi connectivity index (χ1) is 9.15. The second-order valence-corrected chi connectivity index (χ2v) is 4.72. The molecule has 0 radical (unpaired) electrons. The van der Waals surface area contributed by atoms with Gasteiger partial charge in [0, 0.05) is 12.1 Å². The molecule has 1 unspecified atom stereocenters. The molecule has 1 atom stereocenters. The number of carbonyl (C=O) groups is 1. The van der Waals surface area contributed by atoms with Crippen LogP contribution in [0.2, 0.25) is 0 Å². The van der Waals surface area contributed by atoms with Crippen molar-refractivity contribution < 1.29 is 4.79 Å². The fourth-order valence-electron chi connectivity index (χ4n) is 1.96. The molecule has 3 nitrogen and oxygen atoms in total. The molecule has 0 aliphatic heterocycles. The molecule has 0 fully saturated rings. The minimum absolute atomic E-state index is 0.114. The average molecular weight is 254 g/mol. The molecule has 1 amide bonds. The monoisotopic (exact) mass is 254 g/mol. The molecule has 0 spiro atoms. The first-order valence-corrected chi connectivity index (χ1v) is 6.29. The van der Waals surface area contributed by atoms with E-state index in [0.29, 0.717) is 12.1 Å². The van der Waals surface area contributed by atoms with E-state index in [0.717, 1.165) is 5.56 Å². The molecule has 3 heteroatoms. The Morgan fingerprint density at radius 1 is 1.05 bits per heavy atom. The average Bonchev–Trinajstić information content (AvgIpc) is 2.49. The number of rotatable bonds is 4. The van der Waals surface area contributed by atoms with E-state index in [1.54, 1.807) is 12.1 Å². The highest BCUT2D eigenvalue weighted by molar-refractivity contribution is 5.94. The summed E-state index contributed by atoms with van der Waals surface area (Å²) >= 11 is 0. The van der Waals surface area contributed by atoms with E-state index >= 15 is 0 Å². The van der Waals surface area contributed by atoms with E-state index in [-0.39, 0.29) is 5.91 Å². The summed E-state index contributed by atoms with van der Waals surface area (Å²) in [6.07, 6.45) is 0. The summed E-state index contributed by atoms with van der Waals surface area (Å²) < 4.78 is 0. The third-order valence-electron chi connectivity index (χ3n) is 3.24. The maximum Gasteiger partial charge on any atom is 0.252 e. The minimum Gasteiger partial charge on any atom is -0.342 e. The van der Waals surface area contributed by atoms with Crippen LogP contribution in [0.1, 0.15) is 22.8 Å². The first-order valence-electron chi connectivity index (χ1n) is 6.29. The third-order valence-corrected chi connectivity index (χ3v) is 3.24. The summed E-state index contributed by atoms with van der Waals surface area (Å²) in [6, 6.07) is 18.9. The standard InChI is InChI=1S/C16H18N2O/c1-16(12-17,14-10-6-3-7-11-14)18-15(19)13-8-4-2-5-9-13/h2-11H,12,17H2,1H3,(H,18,19). The van der Waals surface area contributed by atoms with E-state index in [4.69, 9.17) is 5.73 Å². The second-order valence-electron chi connectivity index (χ2n) is 4.72. The quantitative estimate of drug-likeness (QED) is 0.879. The summed E-state index contributed by atoms with van der Waals surface area (Å²) in [6.45, 7) is 2.28. The van der Waals surface area contributed by atoms with Gasteiger partial charge in [0.05, 0.1) is 5.54 Å². The maximum atomic E-state index is 12.2. The summed E-state index contributed by atoms with van der Waals surface area (Å²) in [5.41, 5.74) is 6.93. The van der Waals surface area contributed by atoms with Gasteiger partial charge in [-0.1, -0.05) is 48.5 Å². The van der Waals surface area contributed by atoms with Crippen molar-refractivity contribution in [2.45, 2.75) is 12.5 Å². The fourth-order valence-corrected chi connectivity index (χ4v) is 1.96. The zero-order chi connectivity index (χ0) is 13.7. The van der Waals surface area contributed by atoms with Crippen molar-refractivity contribution in [1.29, 1.82) is 0 Å². The van der Waals surface area contributed by atoms with Crippen LogP contribution in [0.4, 0.5) is 0 Å². The van der Waals surface area contributed by atoms with E-state index in [1.807, 2.05) is 55.5 Å². The van der Waals surface area contributed by atoms with E-state index < -0.39 is 5.54 Å². The van der Waals surface area contributed by atoms with Crippen molar-refractivity contribution in [3.8, 4) is 0 Å². The Bertz CT molecular complexity index is 539. The van der Waals surface area contributed by atoms with Crippen LogP contribution in [0.25, 0.3) is 0 Å². The molecule has 2 rings (SSSR count). The smallest absolute Gasteiger partial charge is 0.252 e. The molecule has 0 heterocycles. The highest BCUT2D eigenvalue weighted by Crippen LogP contribution is 2.19. The van der Waals surface area contributed by atoms with Crippen LogP contribution in [-0.2, 0) is 5.54 Å². The predicted molar refractivity (Wildman–Crippen MR) is 76.8 cm³/mol. The molecule has 3 N–H and O–H groups in total. The summed E-state index contributed by atoms with van der Waals surface area (Å²) in [5.74, 6) is -0.114. The minimum atomic E-state index is -0.561. The van der Waals surface area contributed by atoms with Crippen LogP contribution in [0.5, 0.6) is 0 Å². The Morgan fingerprint density at radius 3 is 2.11 bits per heavy atom. The zero-order valence-electron chi connectivity index (χ0n) is 11.0. The van der Waals surface area contributed by atoms with E-state index in [1.165, 1.54) is 0 Å². The summed E-state index contributed by atoms with van der Waals surface area (Å²) in [4.78, 5) is 12.2. The molecule has 0 bridgehead atoms. The highest BCUT2D eigenvalue weighted by atomic mass is 16.1. The number of carbonyl (C=O) groups excluding carboxylic acids is 1. The molecule has 2 aromatic rings. The molecule has 98 valence electrons. The van der Waals surface area contributed by atoms with E-state index in [9.17, 15) is 4.79 Å². The summed E-state index contributed by atoms with van der Waals surface area (Å²) in [7, 11) is 0. The Kier molecular flexibility index (Phi) is 3.97. The van der Waals surface area contributed by atoms with Gasteiger partial charge in [-0.3, -0.25) is 4.79 Å². The van der Waals surface area contributed by atoms with Crippen molar-refractivity contribution in [2.75, 3.05) is 6.54 Å². The lowest BCUT2D eigenvalue weighted by Gasteiger charge is -2.30. The SMILES string of the molecule is CC(CN)(NC(=O)c1ccccc1)c1ccccc1. The van der Waals surface area contributed by atoms with Crippen LogP contribution >= 0.6 is 0 Å². The second kappa shape index (κ2) is 5.67. The van der Waals surface area contributed by atoms with Gasteiger partial charge in [0.2, 0.25) is 0 Å². The molecule has 0 saturated heterocycles. The molecule has 0 aliphatic rings. The van der Waals surface area contributed by atoms with Crippen molar-refractivity contribution in [2.24, 2.45) is 5.73 Å². The number of nitrogens with two attached hydrogens (primary N) is 1. The molecule has 2 aromatic carbocycles. The van der Waals surface area contributed by atoms with Gasteiger partial charge >= 0.3 is 0 Å². The number of amides is 1. The van der Waals surface area contributed by atoms with Crippen molar-refractivity contribution in [3.63, 3.8) is 0 Å². The third kappa shape index (κ3) is 3.01. The van der Waals surface area contributed by atoms with Crippen molar-refractivity contribution in [1.82, 2.24) is 5.32 Å². The summed E-state index contributed by atoms with van der Waals surface area (Å²) in [5, 5.41) is 3.01. The Balaban J connectivity index is 2.22. The van der Waals surface area contributed by atoms with Gasteiger partial charge < -0.3 is 11.1 Å². The Morgan fingerprint density at radius 2 is 1.58 bits per heavy atom. The molecular formula is C16H18N2O. The topological polar surface area (TPSA) is 55.1 Å². The van der Waals surface area contributed by atoms with Crippen molar-refractivity contribution in [3.05, 3.63) is 71.8 Å². The Hall–Kier alpha value is -2.13. The lowest BCUT2D eigenvalue weighted by molar-refractivity contribution is 0.0907. The van der Waals surface area contributed by atoms with Crippen LogP contribution in [0.3, 0.4) is 0 Å². The van der Waals surface area contributed by atoms with Gasteiger partial charge in [-0.05, 0) is 24.6 Å². The molecule has 0 aromatic heterocycles. The van der Waals surface area contributed by atoms with Crippen LogP contribution in [-0.4, -0.2) is 12.5 Å². The molecule has 19 heavy (non-hydrogen) atoms. The Labute approximate surface area is 113 Å². The van der Waals surface area contributed by atoms with E-state index in [2.05, 4.69) is 5.32 Å². The van der Waals surface area contributed by atoms with Gasteiger partial charge in [0.25, 0.3) is 5.91 Å². The van der Waals surface area contributed by atoms with Crippen LogP contribution < -0.4 is 11.1 Å². The zero-order valence-corrected chi connectivity index (χ0v) is 11.0. The molecular weight excluding hydrogens is 236 g/mol. The highest BCUT2D eigenvalue weighted by Gasteiger charge is 2.27. The van der Waals surface area contributed by atoms with Gasteiger partial charge in [-0.15, -0.1) is 0 Å². The maximum absolute atomic E-state index is 12.2. The number of nitrogens with one attached hydrogen (secondary N) is 1. The number of hydrogen-bond acceptors (Lipinski definition) is 2. The number of benzene rings is 2. The molecule has 0 aliphatic carbocycles. The lowest BCUT2D eigenvalue weighted by atomic mass is 9.91. The number of hydrogen-bond donors (Lipinski definition) is 2. The predicted octanol–water partition coefficient (Wildman–Crippen LogP) is 2.29. The lowest BCUT2D eigenvalue weighted by Crippen LogP contribution is -2.48. The van der Waals surface area contributed by atoms with Gasteiger partial charge in [0.1, 0.15) is 0 Å². The van der Waals surface area contributed by atoms with Gasteiger partial charge in [-0.2, -0.15) is 0 Å². The first kappa shape index (κ1) is 13.3. The van der Waals surface area contributed by atoms with Gasteiger partial charge in [-0.25, -0.2) is 0 Å². The van der Waals surface area contributed by atoms with Gasteiger partial charge in [0.15, 0.2) is 0 Å². The fraction of sp³-hybridized carbons (Fsp3) is 0.188.